The first-order chi connectivity index (χ1) is 7.20. The molecule has 0 amide bonds. The van der Waals surface area contributed by atoms with Crippen LogP contribution in [0.2, 0.25) is 0 Å². The first kappa shape index (κ1) is 10.6. The van der Waals surface area contributed by atoms with E-state index in [2.05, 4.69) is 16.8 Å². The lowest BCUT2D eigenvalue weighted by molar-refractivity contribution is 0.252. The molecule has 1 aromatic rings. The van der Waals surface area contributed by atoms with Gasteiger partial charge in [-0.15, -0.1) is 0 Å². The van der Waals surface area contributed by atoms with E-state index in [9.17, 15) is 0 Å². The summed E-state index contributed by atoms with van der Waals surface area (Å²) < 4.78 is 5.20. The Morgan fingerprint density at radius 2 is 2.47 bits per heavy atom. The van der Waals surface area contributed by atoms with Crippen LogP contribution in [0.3, 0.4) is 0 Å². The summed E-state index contributed by atoms with van der Waals surface area (Å²) in [5, 5.41) is 0. The Kier molecular flexibility index (Phi) is 3.07. The molecular weight excluding hydrogens is 190 g/mol. The van der Waals surface area contributed by atoms with Crippen molar-refractivity contribution < 1.29 is 4.42 Å². The van der Waals surface area contributed by atoms with Crippen LogP contribution >= 0.6 is 0 Å². The minimum absolute atomic E-state index is 0.606. The predicted molar refractivity (Wildman–Crippen MR) is 58.3 cm³/mol. The van der Waals surface area contributed by atoms with Crippen molar-refractivity contribution in [3.05, 3.63) is 17.8 Å². The summed E-state index contributed by atoms with van der Waals surface area (Å²) in [6.45, 7) is 6.98. The molecule has 1 fully saturated rings. The fourth-order valence-electron chi connectivity index (χ4n) is 2.28. The van der Waals surface area contributed by atoms with Crippen LogP contribution in [-0.2, 0) is 6.54 Å². The van der Waals surface area contributed by atoms with Crippen LogP contribution in [0.15, 0.2) is 10.8 Å². The fourth-order valence-corrected chi connectivity index (χ4v) is 2.28. The van der Waals surface area contributed by atoms with E-state index in [-0.39, 0.29) is 0 Å². The van der Waals surface area contributed by atoms with Gasteiger partial charge in [0.15, 0.2) is 6.39 Å². The Bertz CT molecular complexity index is 323. The number of nitrogens with two attached hydrogens (primary N) is 1. The second kappa shape index (κ2) is 4.33. The van der Waals surface area contributed by atoms with Gasteiger partial charge in [-0.05, 0) is 32.7 Å². The molecule has 15 heavy (non-hydrogen) atoms. The van der Waals surface area contributed by atoms with Gasteiger partial charge < -0.3 is 10.2 Å². The normalized spacial score (nSPS) is 27.4. The first-order valence-corrected chi connectivity index (χ1v) is 5.53. The van der Waals surface area contributed by atoms with Crippen molar-refractivity contribution in [3.8, 4) is 0 Å². The Balaban J connectivity index is 1.98. The molecule has 2 unspecified atom stereocenters. The van der Waals surface area contributed by atoms with Gasteiger partial charge in [-0.2, -0.15) is 0 Å². The maximum absolute atomic E-state index is 5.70. The van der Waals surface area contributed by atoms with Crippen LogP contribution in [0.4, 0.5) is 0 Å². The second-order valence-electron chi connectivity index (χ2n) is 4.47. The van der Waals surface area contributed by atoms with Crippen molar-refractivity contribution in [2.24, 2.45) is 11.7 Å². The van der Waals surface area contributed by atoms with Gasteiger partial charge in [-0.3, -0.25) is 4.90 Å². The van der Waals surface area contributed by atoms with E-state index in [0.717, 1.165) is 31.1 Å². The van der Waals surface area contributed by atoms with E-state index in [4.69, 9.17) is 10.2 Å². The zero-order chi connectivity index (χ0) is 10.8. The van der Waals surface area contributed by atoms with Gasteiger partial charge in [0.05, 0.1) is 5.69 Å². The molecule has 1 aliphatic heterocycles. The highest BCUT2D eigenvalue weighted by molar-refractivity contribution is 5.05. The van der Waals surface area contributed by atoms with Crippen LogP contribution < -0.4 is 5.73 Å². The molecule has 1 aliphatic rings. The van der Waals surface area contributed by atoms with Crippen LogP contribution in [0.1, 0.15) is 24.8 Å². The molecule has 2 rings (SSSR count). The summed E-state index contributed by atoms with van der Waals surface area (Å²) >= 11 is 0. The van der Waals surface area contributed by atoms with E-state index in [1.165, 1.54) is 12.8 Å². The molecule has 2 atom stereocenters. The minimum Gasteiger partial charge on any atom is -0.448 e. The van der Waals surface area contributed by atoms with Crippen molar-refractivity contribution in [3.63, 3.8) is 0 Å². The van der Waals surface area contributed by atoms with E-state index >= 15 is 0 Å². The number of aromatic nitrogens is 1. The minimum atomic E-state index is 0.606. The zero-order valence-electron chi connectivity index (χ0n) is 9.44. The van der Waals surface area contributed by atoms with Crippen LogP contribution in [-0.4, -0.2) is 29.0 Å². The van der Waals surface area contributed by atoms with Gasteiger partial charge in [-0.1, -0.05) is 0 Å². The Hall–Kier alpha value is -0.870. The zero-order valence-corrected chi connectivity index (χ0v) is 9.44. The molecule has 2 N–H and O–H groups in total. The number of oxazole rings is 1. The molecule has 84 valence electrons. The number of aryl methyl sites for hydroxylation is 1. The number of rotatable bonds is 3. The van der Waals surface area contributed by atoms with Gasteiger partial charge >= 0.3 is 0 Å². The molecule has 0 aliphatic carbocycles. The van der Waals surface area contributed by atoms with E-state index in [0.29, 0.717) is 12.0 Å². The predicted octanol–water partition coefficient (Wildman–Crippen LogP) is 1.15. The van der Waals surface area contributed by atoms with Gasteiger partial charge in [-0.25, -0.2) is 4.98 Å². The molecule has 2 heterocycles. The molecule has 0 aromatic carbocycles. The summed E-state index contributed by atoms with van der Waals surface area (Å²) in [5.41, 5.74) is 6.76. The average molecular weight is 209 g/mol. The fraction of sp³-hybridized carbons (Fsp3) is 0.727. The van der Waals surface area contributed by atoms with E-state index in [1.807, 2.05) is 6.92 Å². The van der Waals surface area contributed by atoms with Crippen LogP contribution in [0.25, 0.3) is 0 Å². The van der Waals surface area contributed by atoms with Gasteiger partial charge in [0.2, 0.25) is 0 Å². The third-order valence-corrected chi connectivity index (χ3v) is 3.32. The molecular formula is C11H19N3O. The van der Waals surface area contributed by atoms with E-state index in [1.54, 1.807) is 0 Å². The Morgan fingerprint density at radius 3 is 3.00 bits per heavy atom. The van der Waals surface area contributed by atoms with Gasteiger partial charge in [0.1, 0.15) is 5.76 Å². The third-order valence-electron chi connectivity index (χ3n) is 3.32. The maximum atomic E-state index is 5.70. The topological polar surface area (TPSA) is 55.3 Å². The van der Waals surface area contributed by atoms with Gasteiger partial charge in [0.25, 0.3) is 0 Å². The Labute approximate surface area is 90.5 Å². The summed E-state index contributed by atoms with van der Waals surface area (Å²) in [6.07, 6.45) is 2.72. The number of nitrogens with zero attached hydrogens (tertiary/aromatic N) is 2. The number of likely N-dealkylation sites (tertiary alicyclic amines) is 1. The molecule has 0 bridgehead atoms. The lowest BCUT2D eigenvalue weighted by atomic mass is 10.1. The third kappa shape index (κ3) is 2.21. The lowest BCUT2D eigenvalue weighted by Gasteiger charge is -2.19. The maximum Gasteiger partial charge on any atom is 0.181 e. The SMILES string of the molecule is Cc1ocnc1CN1CC(CN)CC1C. The van der Waals surface area contributed by atoms with Crippen molar-refractivity contribution in [1.29, 1.82) is 0 Å². The lowest BCUT2D eigenvalue weighted by Crippen LogP contribution is -2.27. The molecule has 0 spiro atoms. The summed E-state index contributed by atoms with van der Waals surface area (Å²) in [6, 6.07) is 0.606. The standard InChI is InChI=1S/C11H19N3O/c1-8-3-10(4-12)5-14(8)6-11-9(2)15-7-13-11/h7-8,10H,3-6,12H2,1-2H3. The summed E-state index contributed by atoms with van der Waals surface area (Å²) in [4.78, 5) is 6.66. The van der Waals surface area contributed by atoms with Crippen molar-refractivity contribution in [2.45, 2.75) is 32.9 Å². The van der Waals surface area contributed by atoms with Crippen molar-refractivity contribution in [1.82, 2.24) is 9.88 Å². The van der Waals surface area contributed by atoms with Crippen molar-refractivity contribution >= 4 is 0 Å². The first-order valence-electron chi connectivity index (χ1n) is 5.53. The molecule has 0 saturated carbocycles. The van der Waals surface area contributed by atoms with Gasteiger partial charge in [0, 0.05) is 19.1 Å². The summed E-state index contributed by atoms with van der Waals surface area (Å²) in [5.74, 6) is 1.57. The highest BCUT2D eigenvalue weighted by Crippen LogP contribution is 2.24. The molecule has 0 radical (unpaired) electrons. The van der Waals surface area contributed by atoms with Crippen LogP contribution in [0.5, 0.6) is 0 Å². The van der Waals surface area contributed by atoms with Crippen molar-refractivity contribution in [2.75, 3.05) is 13.1 Å². The summed E-state index contributed by atoms with van der Waals surface area (Å²) in [7, 11) is 0. The molecule has 4 nitrogen and oxygen atoms in total. The second-order valence-corrected chi connectivity index (χ2v) is 4.47. The highest BCUT2D eigenvalue weighted by Gasteiger charge is 2.28. The van der Waals surface area contributed by atoms with E-state index < -0.39 is 0 Å². The average Bonchev–Trinajstić information content (AvgIpc) is 2.76. The molecule has 4 heteroatoms. The Morgan fingerprint density at radius 1 is 1.67 bits per heavy atom. The molecule has 1 saturated heterocycles. The van der Waals surface area contributed by atoms with Crippen LogP contribution in [0, 0.1) is 12.8 Å². The quantitative estimate of drug-likeness (QED) is 0.811. The highest BCUT2D eigenvalue weighted by atomic mass is 16.3. The molecule has 1 aromatic heterocycles. The number of hydrogen-bond donors (Lipinski definition) is 1. The monoisotopic (exact) mass is 209 g/mol. The number of hydrogen-bond acceptors (Lipinski definition) is 4. The largest absolute Gasteiger partial charge is 0.448 e. The smallest absolute Gasteiger partial charge is 0.181 e.